The first-order chi connectivity index (χ1) is 6.65. The number of hydrogen-bond donors (Lipinski definition) is 0. The molecule has 1 heterocycles. The summed E-state index contributed by atoms with van der Waals surface area (Å²) >= 11 is 0. The van der Waals surface area contributed by atoms with E-state index in [1.807, 2.05) is 40.7 Å². The van der Waals surface area contributed by atoms with Crippen LogP contribution in [-0.2, 0) is 10.8 Å². The van der Waals surface area contributed by atoms with E-state index in [0.717, 1.165) is 5.76 Å². The molecule has 0 saturated carbocycles. The summed E-state index contributed by atoms with van der Waals surface area (Å²) in [5.74, 6) is 0.797. The summed E-state index contributed by atoms with van der Waals surface area (Å²) in [6.45, 7) is 11.4. The summed E-state index contributed by atoms with van der Waals surface area (Å²) in [6, 6.07) is 1.86. The van der Waals surface area contributed by atoms with Crippen LogP contribution in [0.15, 0.2) is 10.6 Å². The third kappa shape index (κ3) is 2.39. The summed E-state index contributed by atoms with van der Waals surface area (Å²) < 4.78 is 18.6. The molecule has 1 rings (SSSR count). The fraction of sp³-hybridized carbons (Fsp3) is 0.750. The molecule has 0 aliphatic heterocycles. The molecule has 3 heteroatoms. The molecule has 0 aliphatic rings. The first-order valence-corrected chi connectivity index (χ1v) is 5.27. The molecular weight excluding hydrogens is 193 g/mol. The van der Waals surface area contributed by atoms with Gasteiger partial charge in [-0.25, -0.2) is 4.39 Å². The Kier molecular flexibility index (Phi) is 2.94. The maximum atomic E-state index is 13.4. The van der Waals surface area contributed by atoms with Crippen LogP contribution >= 0.6 is 0 Å². The molecule has 1 aromatic heterocycles. The number of hydrogen-bond acceptors (Lipinski definition) is 2. The molecule has 0 bridgehead atoms. The van der Waals surface area contributed by atoms with E-state index in [1.165, 1.54) is 0 Å². The van der Waals surface area contributed by atoms with E-state index < -0.39 is 11.6 Å². The topological polar surface area (TPSA) is 26.0 Å². The highest BCUT2D eigenvalue weighted by molar-refractivity contribution is 5.20. The zero-order valence-electron chi connectivity index (χ0n) is 10.4. The number of alkyl halides is 1. The second-order valence-corrected chi connectivity index (χ2v) is 5.66. The molecule has 1 aromatic rings. The van der Waals surface area contributed by atoms with E-state index in [4.69, 9.17) is 4.52 Å². The molecule has 0 spiro atoms. The average Bonchev–Trinajstić information content (AvgIpc) is 2.50. The number of nitrogens with zero attached hydrogens (tertiary/aromatic N) is 1. The molecule has 0 fully saturated rings. The Hall–Kier alpha value is -0.860. The van der Waals surface area contributed by atoms with Gasteiger partial charge in [-0.1, -0.05) is 39.8 Å². The normalized spacial score (nSPS) is 15.4. The van der Waals surface area contributed by atoms with Crippen LogP contribution in [-0.4, -0.2) is 11.3 Å². The molecule has 0 radical (unpaired) electrons. The molecule has 0 amide bonds. The van der Waals surface area contributed by atoms with Gasteiger partial charge in [-0.3, -0.25) is 0 Å². The lowest BCUT2D eigenvalue weighted by atomic mass is 9.83. The first kappa shape index (κ1) is 12.2. The van der Waals surface area contributed by atoms with Crippen molar-refractivity contribution in [3.63, 3.8) is 0 Å². The van der Waals surface area contributed by atoms with Gasteiger partial charge in [0, 0.05) is 16.9 Å². The maximum absolute atomic E-state index is 13.4. The second-order valence-electron chi connectivity index (χ2n) is 5.66. The predicted octanol–water partition coefficient (Wildman–Crippen LogP) is 3.61. The Balaban J connectivity index is 3.04. The fourth-order valence-corrected chi connectivity index (χ4v) is 1.14. The van der Waals surface area contributed by atoms with Gasteiger partial charge in [0.1, 0.15) is 11.9 Å². The molecule has 1 atom stereocenters. The van der Waals surface area contributed by atoms with Crippen LogP contribution < -0.4 is 0 Å². The van der Waals surface area contributed by atoms with Crippen molar-refractivity contribution in [1.29, 1.82) is 0 Å². The highest BCUT2D eigenvalue weighted by atomic mass is 19.1. The summed E-state index contributed by atoms with van der Waals surface area (Å²) in [5.41, 5.74) is 0.0101. The fourth-order valence-electron chi connectivity index (χ4n) is 1.14. The van der Waals surface area contributed by atoms with Gasteiger partial charge >= 0.3 is 0 Å². The van der Waals surface area contributed by atoms with E-state index in [1.54, 1.807) is 6.92 Å². The van der Waals surface area contributed by atoms with Crippen molar-refractivity contribution in [2.45, 2.75) is 58.5 Å². The lowest BCUT2D eigenvalue weighted by Gasteiger charge is -2.23. The molecule has 0 aliphatic carbocycles. The molecule has 15 heavy (non-hydrogen) atoms. The van der Waals surface area contributed by atoms with Crippen molar-refractivity contribution in [3.05, 3.63) is 17.5 Å². The number of halogens is 1. The van der Waals surface area contributed by atoms with Crippen molar-refractivity contribution in [3.8, 4) is 0 Å². The second kappa shape index (κ2) is 3.62. The Bertz CT molecular complexity index is 334. The van der Waals surface area contributed by atoms with Gasteiger partial charge in [0.05, 0.1) is 5.69 Å². The van der Waals surface area contributed by atoms with E-state index in [9.17, 15) is 4.39 Å². The SMILES string of the molecule is CC(F)C(C)(C)c1cc(C(C)(C)C)on1. The van der Waals surface area contributed by atoms with Crippen molar-refractivity contribution < 1.29 is 8.91 Å². The Morgan fingerprint density at radius 1 is 1.27 bits per heavy atom. The average molecular weight is 213 g/mol. The summed E-state index contributed by atoms with van der Waals surface area (Å²) in [4.78, 5) is 0. The predicted molar refractivity (Wildman–Crippen MR) is 58.8 cm³/mol. The van der Waals surface area contributed by atoms with Crippen molar-refractivity contribution in [2.75, 3.05) is 0 Å². The Labute approximate surface area is 90.8 Å². The quantitative estimate of drug-likeness (QED) is 0.750. The van der Waals surface area contributed by atoms with E-state index in [0.29, 0.717) is 5.69 Å². The number of rotatable bonds is 2. The lowest BCUT2D eigenvalue weighted by molar-refractivity contribution is 0.223. The van der Waals surface area contributed by atoms with Crippen LogP contribution in [0.1, 0.15) is 53.0 Å². The van der Waals surface area contributed by atoms with Crippen LogP contribution in [0.4, 0.5) is 4.39 Å². The zero-order valence-corrected chi connectivity index (χ0v) is 10.4. The Morgan fingerprint density at radius 3 is 2.13 bits per heavy atom. The highest BCUT2D eigenvalue weighted by Gasteiger charge is 2.33. The van der Waals surface area contributed by atoms with E-state index in [-0.39, 0.29) is 5.41 Å². The Morgan fingerprint density at radius 2 is 1.80 bits per heavy atom. The minimum atomic E-state index is -0.949. The van der Waals surface area contributed by atoms with Crippen molar-refractivity contribution >= 4 is 0 Å². The van der Waals surface area contributed by atoms with Gasteiger partial charge in [0.25, 0.3) is 0 Å². The lowest BCUT2D eigenvalue weighted by Crippen LogP contribution is -2.28. The third-order valence-corrected chi connectivity index (χ3v) is 2.90. The molecule has 0 N–H and O–H groups in total. The first-order valence-electron chi connectivity index (χ1n) is 5.27. The molecule has 1 unspecified atom stereocenters. The monoisotopic (exact) mass is 213 g/mol. The molecule has 86 valence electrons. The minimum Gasteiger partial charge on any atom is -0.361 e. The van der Waals surface area contributed by atoms with Crippen LogP contribution in [0.3, 0.4) is 0 Å². The molecular formula is C12H20FNO. The summed E-state index contributed by atoms with van der Waals surface area (Å²) in [6.07, 6.45) is -0.949. The van der Waals surface area contributed by atoms with E-state index in [2.05, 4.69) is 5.16 Å². The summed E-state index contributed by atoms with van der Waals surface area (Å²) in [7, 11) is 0. The van der Waals surface area contributed by atoms with Crippen LogP contribution in [0, 0.1) is 0 Å². The smallest absolute Gasteiger partial charge is 0.142 e. The van der Waals surface area contributed by atoms with Crippen LogP contribution in [0.5, 0.6) is 0 Å². The van der Waals surface area contributed by atoms with E-state index >= 15 is 0 Å². The molecule has 0 aromatic carbocycles. The van der Waals surface area contributed by atoms with Gasteiger partial charge in [-0.2, -0.15) is 0 Å². The zero-order chi connectivity index (χ0) is 11.9. The third-order valence-electron chi connectivity index (χ3n) is 2.90. The van der Waals surface area contributed by atoms with Crippen LogP contribution in [0.25, 0.3) is 0 Å². The highest BCUT2D eigenvalue weighted by Crippen LogP contribution is 2.31. The maximum Gasteiger partial charge on any atom is 0.142 e. The number of aromatic nitrogens is 1. The molecule has 0 saturated heterocycles. The van der Waals surface area contributed by atoms with Gasteiger partial charge in [-0.05, 0) is 6.92 Å². The standard InChI is InChI=1S/C12H20FNO/c1-8(13)12(5,6)9-7-10(15-14-9)11(2,3)4/h7-8H,1-6H3. The van der Waals surface area contributed by atoms with Gasteiger partial charge in [0.2, 0.25) is 0 Å². The van der Waals surface area contributed by atoms with Crippen LogP contribution in [0.2, 0.25) is 0 Å². The van der Waals surface area contributed by atoms with Crippen molar-refractivity contribution in [2.24, 2.45) is 0 Å². The van der Waals surface area contributed by atoms with Gasteiger partial charge < -0.3 is 4.52 Å². The van der Waals surface area contributed by atoms with Gasteiger partial charge in [-0.15, -0.1) is 0 Å². The largest absolute Gasteiger partial charge is 0.361 e. The molecule has 2 nitrogen and oxygen atoms in total. The van der Waals surface area contributed by atoms with Gasteiger partial charge in [0.15, 0.2) is 0 Å². The van der Waals surface area contributed by atoms with Crippen molar-refractivity contribution in [1.82, 2.24) is 5.16 Å². The summed E-state index contributed by atoms with van der Waals surface area (Å²) in [5, 5.41) is 3.96. The minimum absolute atomic E-state index is 0.0825.